The van der Waals surface area contributed by atoms with Crippen LogP contribution in [0.25, 0.3) is 32.8 Å². The SMILES string of the molecule is CN=S1(=O)CC2CCC(C1)N2CCCOc1nc(N2CC3CCC(C2)N3)c2cc(Cl)c(-c3cc(O)cc4ccc(F)c(F)c34)c(F)c2n1. The lowest BCUT2D eigenvalue weighted by Crippen LogP contribution is -2.51. The van der Waals surface area contributed by atoms with Crippen LogP contribution in [0.5, 0.6) is 11.8 Å². The van der Waals surface area contributed by atoms with E-state index in [2.05, 4.69) is 24.5 Å². The molecule has 4 aromatic rings. The number of fused-ring (bicyclic) bond motifs is 6. The monoisotopic (exact) mass is 700 g/mol. The van der Waals surface area contributed by atoms with Crippen LogP contribution in [0.2, 0.25) is 5.02 Å². The van der Waals surface area contributed by atoms with Crippen molar-refractivity contribution in [2.45, 2.75) is 56.3 Å². The smallest absolute Gasteiger partial charge is 0.319 e. The second-order valence-corrected chi connectivity index (χ2v) is 16.4. The number of nitrogens with zero attached hydrogens (tertiary/aromatic N) is 5. The summed E-state index contributed by atoms with van der Waals surface area (Å²) in [4.78, 5) is 13.8. The van der Waals surface area contributed by atoms with E-state index < -0.39 is 27.2 Å². The molecule has 3 aromatic carbocycles. The van der Waals surface area contributed by atoms with Gasteiger partial charge in [0.15, 0.2) is 17.5 Å². The van der Waals surface area contributed by atoms with Gasteiger partial charge < -0.3 is 20.1 Å². The van der Waals surface area contributed by atoms with E-state index in [1.54, 1.807) is 13.1 Å². The molecule has 4 bridgehead atoms. The van der Waals surface area contributed by atoms with Gasteiger partial charge in [-0.15, -0.1) is 0 Å². The molecule has 0 radical (unpaired) electrons. The van der Waals surface area contributed by atoms with Gasteiger partial charge >= 0.3 is 6.01 Å². The van der Waals surface area contributed by atoms with E-state index in [4.69, 9.17) is 21.3 Å². The summed E-state index contributed by atoms with van der Waals surface area (Å²) in [5.74, 6) is -1.70. The molecule has 4 aliphatic heterocycles. The summed E-state index contributed by atoms with van der Waals surface area (Å²) in [6.45, 7) is 2.37. The van der Waals surface area contributed by atoms with Crippen molar-refractivity contribution >= 4 is 48.8 Å². The molecule has 4 atom stereocenters. The highest BCUT2D eigenvalue weighted by Crippen LogP contribution is 2.44. The molecule has 0 saturated carbocycles. The van der Waals surface area contributed by atoms with Gasteiger partial charge in [0.2, 0.25) is 0 Å². The number of halogens is 4. The Balaban J connectivity index is 1.15. The van der Waals surface area contributed by atoms with Gasteiger partial charge in [-0.3, -0.25) is 4.90 Å². The first kappa shape index (κ1) is 31.9. The van der Waals surface area contributed by atoms with E-state index in [1.807, 2.05) is 0 Å². The fourth-order valence-electron chi connectivity index (χ4n) is 8.23. The number of ether oxygens (including phenoxy) is 1. The van der Waals surface area contributed by atoms with Crippen molar-refractivity contribution in [2.75, 3.05) is 49.7 Å². The van der Waals surface area contributed by atoms with E-state index in [1.165, 1.54) is 18.2 Å². The summed E-state index contributed by atoms with van der Waals surface area (Å²) in [5.41, 5.74) is -0.368. The van der Waals surface area contributed by atoms with Gasteiger partial charge in [-0.05, 0) is 61.8 Å². The largest absolute Gasteiger partial charge is 0.508 e. The average molecular weight is 701 g/mol. The Labute approximate surface area is 281 Å². The van der Waals surface area contributed by atoms with Crippen molar-refractivity contribution < 1.29 is 27.2 Å². The molecule has 8 rings (SSSR count). The summed E-state index contributed by atoms with van der Waals surface area (Å²) in [5, 5.41) is 14.4. The first-order valence-corrected chi connectivity index (χ1v) is 18.6. The minimum atomic E-state index is -2.14. The molecule has 2 N–H and O–H groups in total. The number of anilines is 1. The Kier molecular flexibility index (Phi) is 8.09. The van der Waals surface area contributed by atoms with Crippen LogP contribution >= 0.6 is 11.6 Å². The lowest BCUT2D eigenvalue weighted by molar-refractivity contribution is 0.185. The Morgan fingerprint density at radius 1 is 1.04 bits per heavy atom. The normalized spacial score (nSPS) is 26.9. The lowest BCUT2D eigenvalue weighted by Gasteiger charge is -2.36. The van der Waals surface area contributed by atoms with E-state index in [0.717, 1.165) is 38.3 Å². The van der Waals surface area contributed by atoms with Crippen LogP contribution in [0, 0.1) is 17.5 Å². The molecule has 0 amide bonds. The topological polar surface area (TPSA) is 103 Å². The van der Waals surface area contributed by atoms with Gasteiger partial charge in [-0.1, -0.05) is 17.7 Å². The molecule has 14 heteroatoms. The number of hydrogen-bond donors (Lipinski definition) is 2. The first-order chi connectivity index (χ1) is 23.1. The van der Waals surface area contributed by atoms with Crippen molar-refractivity contribution in [2.24, 2.45) is 4.36 Å². The van der Waals surface area contributed by atoms with Crippen molar-refractivity contribution in [3.63, 3.8) is 0 Å². The number of rotatable bonds is 7. The predicted octanol–water partition coefficient (Wildman–Crippen LogP) is 5.88. The highest BCUT2D eigenvalue weighted by molar-refractivity contribution is 7.93. The highest BCUT2D eigenvalue weighted by Gasteiger charge is 2.41. The standard InChI is InChI=1S/C34H36ClF3N6O3S/c1-39-48(46)16-21-6-7-22(17-48)44(21)9-2-10-47-34-41-32-25(33(42-34)43-14-19-4-5-20(15-43)40-19)13-26(35)29(31(32)38)24-12-23(45)11-18-3-8-27(36)30(37)28(18)24/h3,8,11-13,19-22,40,45H,2,4-7,9-10,14-17H2,1H3. The van der Waals surface area contributed by atoms with Crippen molar-refractivity contribution in [3.05, 3.63) is 52.8 Å². The van der Waals surface area contributed by atoms with Crippen molar-refractivity contribution in [1.82, 2.24) is 20.2 Å². The molecular formula is C34H36ClF3N6O3S. The summed E-state index contributed by atoms with van der Waals surface area (Å²) >= 11 is 6.76. The molecule has 4 aliphatic rings. The van der Waals surface area contributed by atoms with Crippen LogP contribution in [0.1, 0.15) is 32.1 Å². The maximum Gasteiger partial charge on any atom is 0.319 e. The van der Waals surface area contributed by atoms with Gasteiger partial charge in [-0.25, -0.2) is 21.7 Å². The van der Waals surface area contributed by atoms with E-state index in [9.17, 15) is 13.7 Å². The molecule has 0 spiro atoms. The number of phenolic OH excluding ortho intramolecular Hbond substituents is 1. The maximum atomic E-state index is 16.8. The zero-order valence-electron chi connectivity index (χ0n) is 26.4. The summed E-state index contributed by atoms with van der Waals surface area (Å²) in [7, 11) is -0.485. The molecule has 1 aromatic heterocycles. The van der Waals surface area contributed by atoms with Crippen molar-refractivity contribution in [1.29, 1.82) is 0 Å². The summed E-state index contributed by atoms with van der Waals surface area (Å²) < 4.78 is 69.7. The molecule has 4 saturated heterocycles. The van der Waals surface area contributed by atoms with Crippen molar-refractivity contribution in [3.8, 4) is 22.9 Å². The third-order valence-corrected chi connectivity index (χ3v) is 13.2. The fourth-order valence-corrected chi connectivity index (χ4v) is 10.9. The third kappa shape index (κ3) is 5.52. The number of phenols is 1. The molecule has 4 unspecified atom stereocenters. The molecule has 48 heavy (non-hydrogen) atoms. The van der Waals surface area contributed by atoms with E-state index >= 15 is 8.78 Å². The lowest BCUT2D eigenvalue weighted by atomic mass is 9.95. The number of nitrogens with one attached hydrogen (secondary N) is 1. The highest BCUT2D eigenvalue weighted by atomic mass is 35.5. The zero-order chi connectivity index (χ0) is 33.3. The molecule has 5 heterocycles. The van der Waals surface area contributed by atoms with Crippen LogP contribution in [-0.2, 0) is 9.73 Å². The summed E-state index contributed by atoms with van der Waals surface area (Å²) in [6, 6.07) is 7.32. The number of benzene rings is 3. The zero-order valence-corrected chi connectivity index (χ0v) is 28.0. The number of aromatic nitrogens is 2. The van der Waals surface area contributed by atoms with Crippen LogP contribution in [-0.4, -0.2) is 93.1 Å². The van der Waals surface area contributed by atoms with E-state index in [-0.39, 0.29) is 75.0 Å². The van der Waals surface area contributed by atoms with Gasteiger partial charge in [0, 0.05) is 94.0 Å². The minimum Gasteiger partial charge on any atom is -0.508 e. The Morgan fingerprint density at radius 3 is 2.48 bits per heavy atom. The number of piperazine rings is 1. The Bertz CT molecular complexity index is 2050. The van der Waals surface area contributed by atoms with Crippen LogP contribution < -0.4 is 15.0 Å². The maximum absolute atomic E-state index is 16.8. The van der Waals surface area contributed by atoms with Crippen LogP contribution in [0.3, 0.4) is 0 Å². The van der Waals surface area contributed by atoms with Gasteiger partial charge in [0.25, 0.3) is 0 Å². The quantitative estimate of drug-likeness (QED) is 0.231. The molecule has 0 aliphatic carbocycles. The minimum absolute atomic E-state index is 0.00274. The predicted molar refractivity (Wildman–Crippen MR) is 181 cm³/mol. The second kappa shape index (κ2) is 12.2. The molecule has 254 valence electrons. The van der Waals surface area contributed by atoms with Crippen LogP contribution in [0.15, 0.2) is 34.7 Å². The fraction of sp³-hybridized carbons (Fsp3) is 0.471. The summed E-state index contributed by atoms with van der Waals surface area (Å²) in [6.07, 6.45) is 4.74. The van der Waals surface area contributed by atoms with E-state index in [0.29, 0.717) is 42.2 Å². The second-order valence-electron chi connectivity index (χ2n) is 13.4. The van der Waals surface area contributed by atoms with Gasteiger partial charge in [-0.2, -0.15) is 9.97 Å². The number of hydrogen-bond acceptors (Lipinski definition) is 9. The molecule has 4 fully saturated rings. The Morgan fingerprint density at radius 2 is 1.77 bits per heavy atom. The van der Waals surface area contributed by atoms with Crippen LogP contribution in [0.4, 0.5) is 19.0 Å². The molecule has 9 nitrogen and oxygen atoms in total. The third-order valence-electron chi connectivity index (χ3n) is 10.4. The first-order valence-electron chi connectivity index (χ1n) is 16.4. The number of aromatic hydroxyl groups is 1. The Hall–Kier alpha value is -3.39. The van der Waals surface area contributed by atoms with Gasteiger partial charge in [0.05, 0.1) is 11.6 Å². The average Bonchev–Trinajstić information content (AvgIpc) is 3.53. The van der Waals surface area contributed by atoms with Gasteiger partial charge in [0.1, 0.15) is 17.1 Å². The molecular weight excluding hydrogens is 665 g/mol.